The number of aromatic nitrogens is 1. The van der Waals surface area contributed by atoms with Crippen molar-refractivity contribution in [1.82, 2.24) is 9.88 Å². The molecule has 3 aliphatic rings. The Morgan fingerprint density at radius 1 is 1.26 bits per heavy atom. The number of piperidine rings is 1. The fourth-order valence-electron chi connectivity index (χ4n) is 5.08. The highest BCUT2D eigenvalue weighted by molar-refractivity contribution is 6.32. The largest absolute Gasteiger partial charge is 0.482 e. The average molecular weight is 463 g/mol. The van der Waals surface area contributed by atoms with Gasteiger partial charge in [0.2, 0.25) is 0 Å². The van der Waals surface area contributed by atoms with Crippen LogP contribution in [0.4, 0.5) is 15.9 Å². The average Bonchev–Trinajstić information content (AvgIpc) is 3.29. The van der Waals surface area contributed by atoms with Crippen molar-refractivity contribution in [3.8, 4) is 0 Å². The molecule has 0 radical (unpaired) electrons. The van der Waals surface area contributed by atoms with Gasteiger partial charge in [0.25, 0.3) is 5.91 Å². The Hall–Kier alpha value is -3.19. The van der Waals surface area contributed by atoms with Crippen molar-refractivity contribution in [2.75, 3.05) is 30.3 Å². The summed E-state index contributed by atoms with van der Waals surface area (Å²) < 4.78 is 20.1. The summed E-state index contributed by atoms with van der Waals surface area (Å²) in [5.74, 6) is 0.602. The van der Waals surface area contributed by atoms with Gasteiger partial charge in [0.15, 0.2) is 0 Å². The standard InChI is InChI=1S/C27H31FN4O2/c1-17-6-4-5-12-32(17)13-11-29-24-10-7-18(16-30-24)21-15-23(34-27(21,2)3)25-20-14-19(28)8-9-22(20)31-26(25)33/h7-10,14-17H,4-6,11-13H2,1-3H3,(H,29,30)(H,31,33). The Bertz CT molecular complexity index is 1170. The number of amides is 1. The summed E-state index contributed by atoms with van der Waals surface area (Å²) in [6.07, 6.45) is 7.59. The molecule has 34 heavy (non-hydrogen) atoms. The third kappa shape index (κ3) is 4.32. The quantitative estimate of drug-likeness (QED) is 0.608. The van der Waals surface area contributed by atoms with E-state index in [1.165, 1.54) is 37.9 Å². The predicted molar refractivity (Wildman–Crippen MR) is 133 cm³/mol. The van der Waals surface area contributed by atoms with Crippen LogP contribution in [0.1, 0.15) is 51.2 Å². The molecule has 1 atom stereocenters. The van der Waals surface area contributed by atoms with Gasteiger partial charge in [-0.1, -0.05) is 6.42 Å². The van der Waals surface area contributed by atoms with Crippen LogP contribution < -0.4 is 10.6 Å². The van der Waals surface area contributed by atoms with Crippen LogP contribution in [-0.2, 0) is 9.53 Å². The van der Waals surface area contributed by atoms with Gasteiger partial charge in [-0.25, -0.2) is 9.37 Å². The molecule has 2 aromatic rings. The van der Waals surface area contributed by atoms with E-state index in [1.807, 2.05) is 38.3 Å². The molecule has 1 aromatic carbocycles. The second kappa shape index (κ2) is 8.87. The van der Waals surface area contributed by atoms with Crippen LogP contribution in [-0.4, -0.2) is 47.1 Å². The zero-order chi connectivity index (χ0) is 23.9. The molecule has 0 aliphatic carbocycles. The van der Waals surface area contributed by atoms with Gasteiger partial charge < -0.3 is 15.4 Å². The van der Waals surface area contributed by atoms with E-state index >= 15 is 0 Å². The van der Waals surface area contributed by atoms with Gasteiger partial charge in [-0.3, -0.25) is 9.69 Å². The Labute approximate surface area is 199 Å². The van der Waals surface area contributed by atoms with Crippen molar-refractivity contribution in [3.05, 3.63) is 65.3 Å². The summed E-state index contributed by atoms with van der Waals surface area (Å²) in [6, 6.07) is 8.92. The number of nitrogens with one attached hydrogen (secondary N) is 2. The second-order valence-corrected chi connectivity index (χ2v) is 9.79. The van der Waals surface area contributed by atoms with E-state index < -0.39 is 11.4 Å². The molecule has 2 N–H and O–H groups in total. The molecule has 6 nitrogen and oxygen atoms in total. The molecule has 4 heterocycles. The number of benzene rings is 1. The van der Waals surface area contributed by atoms with Gasteiger partial charge in [0.05, 0.1) is 5.57 Å². The fraction of sp³-hybridized carbons (Fsp3) is 0.407. The number of rotatable bonds is 5. The van der Waals surface area contributed by atoms with E-state index in [1.54, 1.807) is 6.07 Å². The number of allylic oxidation sites excluding steroid dienone is 1. The first-order valence-electron chi connectivity index (χ1n) is 12.0. The summed E-state index contributed by atoms with van der Waals surface area (Å²) in [5.41, 5.74) is 2.67. The minimum atomic E-state index is -0.653. The molecule has 5 rings (SSSR count). The minimum Gasteiger partial charge on any atom is -0.482 e. The number of carbonyl (C=O) groups is 1. The first-order chi connectivity index (χ1) is 16.3. The summed E-state index contributed by atoms with van der Waals surface area (Å²) in [5, 5.41) is 6.22. The van der Waals surface area contributed by atoms with Gasteiger partial charge in [0, 0.05) is 47.7 Å². The topological polar surface area (TPSA) is 66.5 Å². The first kappa shape index (κ1) is 22.6. The molecule has 1 aromatic heterocycles. The van der Waals surface area contributed by atoms with Crippen LogP contribution in [0.2, 0.25) is 0 Å². The second-order valence-electron chi connectivity index (χ2n) is 9.79. The molecule has 0 bridgehead atoms. The lowest BCUT2D eigenvalue weighted by atomic mass is 9.93. The number of halogens is 1. The zero-order valence-corrected chi connectivity index (χ0v) is 20.0. The van der Waals surface area contributed by atoms with Crippen molar-refractivity contribution in [2.24, 2.45) is 0 Å². The summed E-state index contributed by atoms with van der Waals surface area (Å²) in [4.78, 5) is 19.8. The number of pyridine rings is 1. The predicted octanol–water partition coefficient (Wildman–Crippen LogP) is 5.06. The van der Waals surface area contributed by atoms with Crippen LogP contribution in [0.25, 0.3) is 11.1 Å². The number of likely N-dealkylation sites (tertiary alicyclic amines) is 1. The molecular formula is C27H31FN4O2. The van der Waals surface area contributed by atoms with Crippen molar-refractivity contribution in [3.63, 3.8) is 0 Å². The monoisotopic (exact) mass is 462 g/mol. The van der Waals surface area contributed by atoms with Gasteiger partial charge in [-0.05, 0) is 76.6 Å². The van der Waals surface area contributed by atoms with Crippen molar-refractivity contribution >= 4 is 28.6 Å². The lowest BCUT2D eigenvalue weighted by molar-refractivity contribution is -0.111. The lowest BCUT2D eigenvalue weighted by Crippen LogP contribution is -2.40. The number of ether oxygens (including phenoxy) is 1. The highest BCUT2D eigenvalue weighted by atomic mass is 19.1. The molecule has 3 aliphatic heterocycles. The third-order valence-electron chi connectivity index (χ3n) is 6.98. The minimum absolute atomic E-state index is 0.287. The Balaban J connectivity index is 1.33. The highest BCUT2D eigenvalue weighted by Gasteiger charge is 2.38. The van der Waals surface area contributed by atoms with Crippen molar-refractivity contribution in [2.45, 2.75) is 51.7 Å². The molecule has 0 spiro atoms. The zero-order valence-electron chi connectivity index (χ0n) is 20.0. The Kier molecular flexibility index (Phi) is 5.90. The molecule has 1 unspecified atom stereocenters. The Morgan fingerprint density at radius 2 is 2.12 bits per heavy atom. The van der Waals surface area contributed by atoms with Gasteiger partial charge in [-0.15, -0.1) is 0 Å². The van der Waals surface area contributed by atoms with Crippen LogP contribution >= 0.6 is 0 Å². The Morgan fingerprint density at radius 3 is 2.88 bits per heavy atom. The molecule has 0 saturated carbocycles. The van der Waals surface area contributed by atoms with E-state index in [0.29, 0.717) is 28.6 Å². The number of nitrogens with zero attached hydrogens (tertiary/aromatic N) is 2. The summed E-state index contributed by atoms with van der Waals surface area (Å²) >= 11 is 0. The van der Waals surface area contributed by atoms with E-state index in [4.69, 9.17) is 4.74 Å². The van der Waals surface area contributed by atoms with Gasteiger partial charge >= 0.3 is 0 Å². The molecular weight excluding hydrogens is 431 g/mol. The third-order valence-corrected chi connectivity index (χ3v) is 6.98. The van der Waals surface area contributed by atoms with Crippen LogP contribution in [0.3, 0.4) is 0 Å². The van der Waals surface area contributed by atoms with E-state index in [2.05, 4.69) is 27.4 Å². The van der Waals surface area contributed by atoms with E-state index in [9.17, 15) is 9.18 Å². The fourth-order valence-corrected chi connectivity index (χ4v) is 5.08. The van der Waals surface area contributed by atoms with Crippen LogP contribution in [0.5, 0.6) is 0 Å². The smallest absolute Gasteiger partial charge is 0.260 e. The van der Waals surface area contributed by atoms with Gasteiger partial charge in [-0.2, -0.15) is 0 Å². The molecule has 7 heteroatoms. The van der Waals surface area contributed by atoms with Crippen molar-refractivity contribution < 1.29 is 13.9 Å². The molecule has 1 fully saturated rings. The van der Waals surface area contributed by atoms with E-state index in [-0.39, 0.29) is 5.91 Å². The van der Waals surface area contributed by atoms with Crippen LogP contribution in [0.15, 0.2) is 48.4 Å². The number of hydrogen-bond acceptors (Lipinski definition) is 5. The number of anilines is 2. The maximum Gasteiger partial charge on any atom is 0.260 e. The molecule has 1 saturated heterocycles. The lowest BCUT2D eigenvalue weighted by Gasteiger charge is -2.33. The number of hydrogen-bond donors (Lipinski definition) is 2. The normalized spacial score (nSPS) is 23.8. The van der Waals surface area contributed by atoms with Gasteiger partial charge in [0.1, 0.15) is 23.0 Å². The summed E-state index contributed by atoms with van der Waals surface area (Å²) in [7, 11) is 0. The SMILES string of the molecule is CC1CCCCN1CCNc1ccc(C2=CC(=C3C(=O)Nc4ccc(F)cc43)OC2(C)C)cn1. The number of fused-ring (bicyclic) bond motifs is 1. The molecule has 178 valence electrons. The maximum absolute atomic E-state index is 13.9. The van der Waals surface area contributed by atoms with Crippen molar-refractivity contribution in [1.29, 1.82) is 0 Å². The highest BCUT2D eigenvalue weighted by Crippen LogP contribution is 2.44. The first-order valence-corrected chi connectivity index (χ1v) is 12.0. The summed E-state index contributed by atoms with van der Waals surface area (Å²) in [6.45, 7) is 9.26. The maximum atomic E-state index is 13.9. The van der Waals surface area contributed by atoms with Crippen LogP contribution in [0, 0.1) is 5.82 Å². The molecule has 1 amide bonds. The number of carbonyl (C=O) groups excluding carboxylic acids is 1. The van der Waals surface area contributed by atoms with E-state index in [0.717, 1.165) is 30.0 Å².